The van der Waals surface area contributed by atoms with E-state index < -0.39 is 12.2 Å². The predicted octanol–water partition coefficient (Wildman–Crippen LogP) is 4.88. The van der Waals surface area contributed by atoms with Crippen molar-refractivity contribution in [2.45, 2.75) is 19.1 Å². The monoisotopic (exact) mass is 510 g/mol. The molecule has 0 unspecified atom stereocenters. The molecule has 2 atom stereocenters. The van der Waals surface area contributed by atoms with Gasteiger partial charge in [-0.1, -0.05) is 58.0 Å². The molecule has 162 valence electrons. The number of benzene rings is 2. The molecule has 0 saturated carbocycles. The molecule has 9 heteroatoms. The molecule has 3 aromatic rings. The molecule has 2 aliphatic heterocycles. The molecule has 1 N–H and O–H groups in total. The van der Waals surface area contributed by atoms with E-state index in [-0.39, 0.29) is 11.8 Å². The number of rotatable bonds is 2. The Morgan fingerprint density at radius 2 is 1.88 bits per heavy atom. The highest BCUT2D eigenvalue weighted by atomic mass is 79.9. The van der Waals surface area contributed by atoms with Crippen LogP contribution in [-0.2, 0) is 9.59 Å². The van der Waals surface area contributed by atoms with E-state index in [0.29, 0.717) is 22.4 Å². The molecule has 0 spiro atoms. The largest absolute Gasteiger partial charge is 0.457 e. The molecular weight excluding hydrogens is 492 g/mol. The minimum Gasteiger partial charge on any atom is -0.457 e. The van der Waals surface area contributed by atoms with Crippen molar-refractivity contribution in [1.82, 2.24) is 10.3 Å². The van der Waals surface area contributed by atoms with Crippen molar-refractivity contribution in [3.05, 3.63) is 76.5 Å². The Bertz CT molecular complexity index is 1240. The molecule has 2 aromatic carbocycles. The summed E-state index contributed by atoms with van der Waals surface area (Å²) in [7, 11) is 0. The van der Waals surface area contributed by atoms with Gasteiger partial charge in [-0.2, -0.15) is 0 Å². The van der Waals surface area contributed by atoms with Crippen LogP contribution in [0.3, 0.4) is 0 Å². The summed E-state index contributed by atoms with van der Waals surface area (Å²) in [6.07, 6.45) is 1.14. The van der Waals surface area contributed by atoms with Crippen LogP contribution in [0.5, 0.6) is 0 Å². The molecule has 2 aliphatic rings. The second kappa shape index (κ2) is 8.14. The van der Waals surface area contributed by atoms with Crippen LogP contribution in [0.2, 0.25) is 0 Å². The molecule has 32 heavy (non-hydrogen) atoms. The van der Waals surface area contributed by atoms with E-state index in [2.05, 4.69) is 26.3 Å². The van der Waals surface area contributed by atoms with E-state index >= 15 is 0 Å². The van der Waals surface area contributed by atoms with Crippen molar-refractivity contribution in [2.24, 2.45) is 5.10 Å². The van der Waals surface area contributed by atoms with Crippen LogP contribution in [0, 0.1) is 0 Å². The lowest BCUT2D eigenvalue weighted by molar-refractivity contribution is -0.130. The number of para-hydroxylation sites is 1. The highest BCUT2D eigenvalue weighted by molar-refractivity contribution is 9.10. The van der Waals surface area contributed by atoms with Gasteiger partial charge in [-0.15, -0.1) is 5.10 Å². The first-order valence-electron chi connectivity index (χ1n) is 9.94. The zero-order valence-electron chi connectivity index (χ0n) is 17.3. The Kier molecular flexibility index (Phi) is 5.30. The fraction of sp³-hybridized carbons (Fsp3) is 0.174. The SMILES string of the molecule is CSC1=NN2[C@H](c3ccc(-c4ccc(Br)cc4)o3)N(C(C)=O)c3ccccc3[C@@H]2C(=O)N1. The number of amides is 2. The van der Waals surface area contributed by atoms with Gasteiger partial charge in [0, 0.05) is 22.5 Å². The third-order valence-corrected chi connectivity index (χ3v) is 6.58. The van der Waals surface area contributed by atoms with Crippen LogP contribution in [-0.4, -0.2) is 28.2 Å². The first kappa shape index (κ1) is 20.8. The quantitative estimate of drug-likeness (QED) is 0.531. The van der Waals surface area contributed by atoms with Crippen molar-refractivity contribution < 1.29 is 14.0 Å². The van der Waals surface area contributed by atoms with Gasteiger partial charge >= 0.3 is 0 Å². The van der Waals surface area contributed by atoms with Crippen molar-refractivity contribution in [1.29, 1.82) is 0 Å². The van der Waals surface area contributed by atoms with Crippen LogP contribution in [0.4, 0.5) is 5.69 Å². The Hall–Kier alpha value is -3.04. The number of hydrazone groups is 1. The summed E-state index contributed by atoms with van der Waals surface area (Å²) in [6.45, 7) is 1.51. The number of nitrogens with zero attached hydrogens (tertiary/aromatic N) is 3. The van der Waals surface area contributed by atoms with E-state index in [4.69, 9.17) is 4.42 Å². The van der Waals surface area contributed by atoms with Crippen LogP contribution in [0.25, 0.3) is 11.3 Å². The zero-order chi connectivity index (χ0) is 22.4. The minimum atomic E-state index is -0.704. The molecule has 1 aromatic heterocycles. The van der Waals surface area contributed by atoms with E-state index in [1.165, 1.54) is 18.7 Å². The van der Waals surface area contributed by atoms with Gasteiger partial charge < -0.3 is 9.73 Å². The summed E-state index contributed by atoms with van der Waals surface area (Å²) < 4.78 is 7.21. The highest BCUT2D eigenvalue weighted by Gasteiger charge is 2.47. The second-order valence-electron chi connectivity index (χ2n) is 7.41. The van der Waals surface area contributed by atoms with Crippen LogP contribution in [0.15, 0.2) is 74.7 Å². The number of hydrogen-bond acceptors (Lipinski definition) is 6. The lowest BCUT2D eigenvalue weighted by atomic mass is 9.97. The average molecular weight is 511 g/mol. The minimum absolute atomic E-state index is 0.172. The summed E-state index contributed by atoms with van der Waals surface area (Å²) in [5.41, 5.74) is 2.30. The maximum absolute atomic E-state index is 13.1. The van der Waals surface area contributed by atoms with E-state index in [9.17, 15) is 9.59 Å². The summed E-state index contributed by atoms with van der Waals surface area (Å²) in [5.74, 6) is 0.831. The van der Waals surface area contributed by atoms with Crippen LogP contribution in [0.1, 0.15) is 30.5 Å². The van der Waals surface area contributed by atoms with Gasteiger partial charge in [-0.3, -0.25) is 14.5 Å². The second-order valence-corrected chi connectivity index (χ2v) is 9.12. The summed E-state index contributed by atoms with van der Waals surface area (Å²) in [6, 6.07) is 18.2. The number of amidine groups is 1. The molecule has 0 aliphatic carbocycles. The maximum atomic E-state index is 13.1. The molecule has 7 nitrogen and oxygen atoms in total. The summed E-state index contributed by atoms with van der Waals surface area (Å²) in [4.78, 5) is 27.6. The summed E-state index contributed by atoms with van der Waals surface area (Å²) >= 11 is 4.78. The standard InChI is InChI=1S/C23H19BrN4O3S/c1-13(29)27-17-6-4-3-5-16(17)20-21(30)25-23(32-2)26-28(20)22(27)19-12-11-18(31-19)14-7-9-15(24)10-8-14/h3-12,20,22H,1-2H3,(H,25,26,30)/t20-,22-/m1/s1. The van der Waals surface area contributed by atoms with Crippen molar-refractivity contribution in [3.63, 3.8) is 0 Å². The first-order chi connectivity index (χ1) is 15.5. The Morgan fingerprint density at radius 1 is 1.12 bits per heavy atom. The lowest BCUT2D eigenvalue weighted by Crippen LogP contribution is -2.55. The van der Waals surface area contributed by atoms with Gasteiger partial charge in [-0.25, -0.2) is 5.01 Å². The molecule has 5 rings (SSSR count). The van der Waals surface area contributed by atoms with Gasteiger partial charge in [0.1, 0.15) is 11.5 Å². The third-order valence-electron chi connectivity index (χ3n) is 5.48. The van der Waals surface area contributed by atoms with Crippen molar-refractivity contribution in [2.75, 3.05) is 11.2 Å². The smallest absolute Gasteiger partial charge is 0.255 e. The number of carbonyl (C=O) groups excluding carboxylic acids is 2. The normalized spacial score (nSPS) is 19.7. The average Bonchev–Trinajstić information content (AvgIpc) is 3.27. The fourth-order valence-corrected chi connectivity index (χ4v) is 4.74. The maximum Gasteiger partial charge on any atom is 0.255 e. The van der Waals surface area contributed by atoms with Gasteiger partial charge in [-0.05, 0) is 36.6 Å². The van der Waals surface area contributed by atoms with Gasteiger partial charge in [0.2, 0.25) is 5.91 Å². The Labute approximate surface area is 197 Å². The number of fused-ring (bicyclic) bond motifs is 3. The number of thioether (sulfide) groups is 1. The van der Waals surface area contributed by atoms with E-state index in [1.807, 2.05) is 66.9 Å². The summed E-state index contributed by atoms with van der Waals surface area (Å²) in [5, 5.41) is 9.67. The fourth-order valence-electron chi connectivity index (χ4n) is 4.10. The van der Waals surface area contributed by atoms with Gasteiger partial charge in [0.25, 0.3) is 5.91 Å². The number of halogens is 1. The van der Waals surface area contributed by atoms with Crippen molar-refractivity contribution >= 4 is 50.4 Å². The van der Waals surface area contributed by atoms with Gasteiger partial charge in [0.05, 0.1) is 5.69 Å². The van der Waals surface area contributed by atoms with E-state index in [1.54, 1.807) is 9.91 Å². The Morgan fingerprint density at radius 3 is 2.59 bits per heavy atom. The molecule has 0 radical (unpaired) electrons. The van der Waals surface area contributed by atoms with Crippen LogP contribution >= 0.6 is 27.7 Å². The predicted molar refractivity (Wildman–Crippen MR) is 128 cm³/mol. The molecule has 3 heterocycles. The molecule has 0 bridgehead atoms. The topological polar surface area (TPSA) is 78.2 Å². The van der Waals surface area contributed by atoms with Gasteiger partial charge in [0.15, 0.2) is 17.4 Å². The number of anilines is 1. The highest BCUT2D eigenvalue weighted by Crippen LogP contribution is 2.47. The van der Waals surface area contributed by atoms with Crippen molar-refractivity contribution in [3.8, 4) is 11.3 Å². The third kappa shape index (κ3) is 3.41. The van der Waals surface area contributed by atoms with Crippen LogP contribution < -0.4 is 10.2 Å². The Balaban J connectivity index is 1.67. The zero-order valence-corrected chi connectivity index (χ0v) is 19.7. The molecule has 0 fully saturated rings. The lowest BCUT2D eigenvalue weighted by Gasteiger charge is -2.47. The first-order valence-corrected chi connectivity index (χ1v) is 12.0. The number of carbonyl (C=O) groups is 2. The number of nitrogens with one attached hydrogen (secondary N) is 1. The molecule has 0 saturated heterocycles. The molecular formula is C23H19BrN4O3S. The number of hydrogen-bond donors (Lipinski definition) is 1. The molecule has 2 amide bonds. The van der Waals surface area contributed by atoms with E-state index in [0.717, 1.165) is 15.6 Å². The number of furan rings is 1.